The van der Waals surface area contributed by atoms with Crippen LogP contribution in [0.1, 0.15) is 46.4 Å². The van der Waals surface area contributed by atoms with Crippen LogP contribution in [0.4, 0.5) is 5.69 Å². The fraction of sp³-hybridized carbons (Fsp3) is 0.241. The van der Waals surface area contributed by atoms with Gasteiger partial charge in [-0.15, -0.1) is 34.4 Å². The van der Waals surface area contributed by atoms with Crippen molar-refractivity contribution in [2.45, 2.75) is 37.6 Å². The molecule has 0 saturated heterocycles. The topological polar surface area (TPSA) is 54.0 Å². The molecule has 3 heterocycles. The molecule has 5 aromatic rings. The number of nitrogens with zero attached hydrogens (tertiary/aromatic N) is 1. The Hall–Kier alpha value is -2.71. The van der Waals surface area contributed by atoms with Crippen LogP contribution in [0.25, 0.3) is 20.2 Å². The Bertz CT molecular complexity index is 1510. The molecular formula is C29H29N3OS3. The number of aromatic nitrogens is 1. The number of nitrogens with one attached hydrogen (secondary N) is 2. The Morgan fingerprint density at radius 2 is 1.94 bits per heavy atom. The number of hydrogen-bond donors (Lipinski definition) is 2. The van der Waals surface area contributed by atoms with Crippen LogP contribution in [0.3, 0.4) is 0 Å². The minimum Gasteiger partial charge on any atom is -0.321 e. The molecule has 4 nitrogen and oxygen atoms in total. The predicted octanol–water partition coefficient (Wildman–Crippen LogP) is 7.94. The number of hydrogen-bond acceptors (Lipinski definition) is 6. The van der Waals surface area contributed by atoms with Crippen molar-refractivity contribution in [1.82, 2.24) is 10.3 Å². The van der Waals surface area contributed by atoms with Gasteiger partial charge in [0.15, 0.2) is 0 Å². The molecule has 1 unspecified atom stereocenters. The number of pyridine rings is 1. The summed E-state index contributed by atoms with van der Waals surface area (Å²) in [5.41, 5.74) is 3.92. The molecule has 0 radical (unpaired) electrons. The quantitative estimate of drug-likeness (QED) is 0.190. The molecule has 5 rings (SSSR count). The molecule has 0 aliphatic heterocycles. The molecular weight excluding hydrogens is 503 g/mol. The van der Waals surface area contributed by atoms with E-state index < -0.39 is 0 Å². The van der Waals surface area contributed by atoms with Gasteiger partial charge < -0.3 is 10.6 Å². The lowest BCUT2D eigenvalue weighted by molar-refractivity contribution is 0.102. The van der Waals surface area contributed by atoms with Gasteiger partial charge in [-0.05, 0) is 91.5 Å². The highest BCUT2D eigenvalue weighted by molar-refractivity contribution is 7.99. The highest BCUT2D eigenvalue weighted by Gasteiger charge is 2.15. The van der Waals surface area contributed by atoms with E-state index in [1.165, 1.54) is 41.1 Å². The Balaban J connectivity index is 1.31. The Labute approximate surface area is 224 Å². The number of carbonyl (C=O) groups excluding carboxylic acids is 1. The molecule has 0 fully saturated rings. The highest BCUT2D eigenvalue weighted by Crippen LogP contribution is 2.35. The van der Waals surface area contributed by atoms with Gasteiger partial charge in [-0.2, -0.15) is 0 Å². The first-order valence-corrected chi connectivity index (χ1v) is 15.0. The second-order valence-electron chi connectivity index (χ2n) is 8.72. The van der Waals surface area contributed by atoms with Gasteiger partial charge in [0.1, 0.15) is 5.69 Å². The Morgan fingerprint density at radius 1 is 1.08 bits per heavy atom. The molecule has 1 amide bonds. The summed E-state index contributed by atoms with van der Waals surface area (Å²) in [5.74, 6) is -0.190. The Kier molecular flexibility index (Phi) is 7.72. The van der Waals surface area contributed by atoms with Crippen LogP contribution in [0.15, 0.2) is 71.1 Å². The molecule has 36 heavy (non-hydrogen) atoms. The smallest absolute Gasteiger partial charge is 0.274 e. The van der Waals surface area contributed by atoms with Gasteiger partial charge >= 0.3 is 0 Å². The van der Waals surface area contributed by atoms with Gasteiger partial charge in [0.05, 0.1) is 0 Å². The summed E-state index contributed by atoms with van der Waals surface area (Å²) in [4.78, 5) is 19.5. The number of aryl methyl sites for hydroxylation is 1. The van der Waals surface area contributed by atoms with E-state index in [1.54, 1.807) is 12.3 Å². The summed E-state index contributed by atoms with van der Waals surface area (Å²) >= 11 is 5.48. The molecule has 3 aromatic heterocycles. The van der Waals surface area contributed by atoms with E-state index in [0.717, 1.165) is 25.1 Å². The van der Waals surface area contributed by atoms with E-state index in [1.807, 2.05) is 52.6 Å². The zero-order valence-electron chi connectivity index (χ0n) is 20.6. The van der Waals surface area contributed by atoms with Crippen molar-refractivity contribution in [3.05, 3.63) is 87.9 Å². The van der Waals surface area contributed by atoms with Gasteiger partial charge in [0.25, 0.3) is 5.91 Å². The molecule has 2 aromatic carbocycles. The van der Waals surface area contributed by atoms with Gasteiger partial charge in [-0.1, -0.05) is 19.1 Å². The van der Waals surface area contributed by atoms with Crippen molar-refractivity contribution >= 4 is 66.2 Å². The van der Waals surface area contributed by atoms with Gasteiger partial charge in [0, 0.05) is 47.9 Å². The maximum Gasteiger partial charge on any atom is 0.274 e. The first-order chi connectivity index (χ1) is 17.6. The van der Waals surface area contributed by atoms with Crippen LogP contribution >= 0.6 is 34.4 Å². The van der Waals surface area contributed by atoms with E-state index in [-0.39, 0.29) is 11.9 Å². The summed E-state index contributed by atoms with van der Waals surface area (Å²) in [5, 5.41) is 11.6. The molecule has 1 atom stereocenters. The summed E-state index contributed by atoms with van der Waals surface area (Å²) < 4.78 is 2.61. The second kappa shape index (κ2) is 11.1. The third-order valence-corrected chi connectivity index (χ3v) is 9.71. The highest BCUT2D eigenvalue weighted by atomic mass is 32.2. The maximum atomic E-state index is 12.6. The maximum absolute atomic E-state index is 12.6. The van der Waals surface area contributed by atoms with Crippen molar-refractivity contribution in [3.63, 3.8) is 0 Å². The van der Waals surface area contributed by atoms with E-state index >= 15 is 0 Å². The fourth-order valence-corrected chi connectivity index (χ4v) is 7.47. The summed E-state index contributed by atoms with van der Waals surface area (Å²) in [6.07, 6.45) is 5.73. The van der Waals surface area contributed by atoms with Crippen molar-refractivity contribution in [2.75, 3.05) is 18.1 Å². The number of thioether (sulfide) groups is 1. The van der Waals surface area contributed by atoms with Crippen molar-refractivity contribution in [2.24, 2.45) is 0 Å². The van der Waals surface area contributed by atoms with Crippen LogP contribution in [0.2, 0.25) is 0 Å². The SMILES string of the molecule is CCc1sc2ccc(NC(=O)c3ccccn3)cc2c1CCNC(C)c1ccc2scc(SC)c2c1. The molecule has 0 spiro atoms. The number of benzene rings is 2. The number of fused-ring (bicyclic) bond motifs is 2. The number of anilines is 1. The Morgan fingerprint density at radius 3 is 2.72 bits per heavy atom. The number of rotatable bonds is 9. The fourth-order valence-electron chi connectivity index (χ4n) is 4.51. The third-order valence-electron chi connectivity index (χ3n) is 6.46. The van der Waals surface area contributed by atoms with Crippen molar-refractivity contribution in [1.29, 1.82) is 0 Å². The lowest BCUT2D eigenvalue weighted by Crippen LogP contribution is -2.21. The number of amides is 1. The summed E-state index contributed by atoms with van der Waals surface area (Å²) in [6.45, 7) is 5.35. The van der Waals surface area contributed by atoms with Crippen molar-refractivity contribution < 1.29 is 4.79 Å². The first-order valence-electron chi connectivity index (χ1n) is 12.1. The zero-order chi connectivity index (χ0) is 25.1. The summed E-state index contributed by atoms with van der Waals surface area (Å²) in [7, 11) is 0. The molecule has 0 saturated carbocycles. The average molecular weight is 532 g/mol. The van der Waals surface area contributed by atoms with Crippen LogP contribution in [-0.4, -0.2) is 23.7 Å². The molecule has 0 bridgehead atoms. The van der Waals surface area contributed by atoms with Crippen LogP contribution in [0.5, 0.6) is 0 Å². The summed E-state index contributed by atoms with van der Waals surface area (Å²) in [6, 6.07) is 18.7. The van der Waals surface area contributed by atoms with Gasteiger partial charge in [-0.25, -0.2) is 0 Å². The minimum atomic E-state index is -0.190. The monoisotopic (exact) mass is 531 g/mol. The largest absolute Gasteiger partial charge is 0.321 e. The van der Waals surface area contributed by atoms with Crippen LogP contribution in [-0.2, 0) is 12.8 Å². The molecule has 0 aliphatic rings. The normalized spacial score (nSPS) is 12.3. The average Bonchev–Trinajstić information content (AvgIpc) is 3.49. The second-order valence-corrected chi connectivity index (χ2v) is 11.6. The van der Waals surface area contributed by atoms with Gasteiger partial charge in [-0.3, -0.25) is 9.78 Å². The van der Waals surface area contributed by atoms with Crippen molar-refractivity contribution in [3.8, 4) is 0 Å². The van der Waals surface area contributed by atoms with E-state index in [2.05, 4.69) is 71.4 Å². The molecule has 184 valence electrons. The molecule has 2 N–H and O–H groups in total. The van der Waals surface area contributed by atoms with Crippen LogP contribution < -0.4 is 10.6 Å². The lowest BCUT2D eigenvalue weighted by atomic mass is 10.0. The van der Waals surface area contributed by atoms with Gasteiger partial charge in [0.2, 0.25) is 0 Å². The first kappa shape index (κ1) is 25.0. The third kappa shape index (κ3) is 5.20. The van der Waals surface area contributed by atoms with E-state index in [9.17, 15) is 4.79 Å². The molecule has 7 heteroatoms. The lowest BCUT2D eigenvalue weighted by Gasteiger charge is -2.15. The zero-order valence-corrected chi connectivity index (χ0v) is 23.1. The van der Waals surface area contributed by atoms with E-state index in [0.29, 0.717) is 5.69 Å². The van der Waals surface area contributed by atoms with Crippen LogP contribution in [0, 0.1) is 0 Å². The molecule has 0 aliphatic carbocycles. The minimum absolute atomic E-state index is 0.190. The number of thiophene rings is 2. The van der Waals surface area contributed by atoms with E-state index in [4.69, 9.17) is 0 Å². The predicted molar refractivity (Wildman–Crippen MR) is 157 cm³/mol. The standard InChI is InChI=1S/C29H29N3OS3/c1-4-25-21(12-14-30-18(2)19-8-10-26-23(15-19)28(34-3)17-35-26)22-16-20(9-11-27(22)36-25)32-29(33)24-7-5-6-13-31-24/h5-11,13,15-18,30H,4,12,14H2,1-3H3,(H,32,33). The number of carbonyl (C=O) groups is 1.